The predicted octanol–water partition coefficient (Wildman–Crippen LogP) is 2.71. The van der Waals surface area contributed by atoms with Crippen molar-refractivity contribution in [3.8, 4) is 11.5 Å². The number of rotatable bonds is 7. The van der Waals surface area contributed by atoms with E-state index in [9.17, 15) is 9.90 Å². The second-order valence-corrected chi connectivity index (χ2v) is 5.52. The van der Waals surface area contributed by atoms with Gasteiger partial charge in [0, 0.05) is 6.07 Å². The Morgan fingerprint density at radius 2 is 2.10 bits per heavy atom. The van der Waals surface area contributed by atoms with Crippen molar-refractivity contribution in [2.75, 3.05) is 13.7 Å². The summed E-state index contributed by atoms with van der Waals surface area (Å²) >= 11 is 0. The van der Waals surface area contributed by atoms with Gasteiger partial charge in [-0.25, -0.2) is 4.79 Å². The van der Waals surface area contributed by atoms with Crippen LogP contribution in [0, 0.1) is 5.92 Å². The smallest absolute Gasteiger partial charge is 0.339 e. The molecule has 2 N–H and O–H groups in total. The maximum atomic E-state index is 11.2. The first-order valence-electron chi connectivity index (χ1n) is 7.32. The number of aromatic carboxylic acids is 1. The van der Waals surface area contributed by atoms with Crippen molar-refractivity contribution in [2.24, 2.45) is 5.92 Å². The summed E-state index contributed by atoms with van der Waals surface area (Å²) in [4.78, 5) is 11.2. The minimum absolute atomic E-state index is 0.0730. The number of methoxy groups -OCH3 is 1. The van der Waals surface area contributed by atoms with E-state index in [4.69, 9.17) is 14.6 Å². The highest BCUT2D eigenvalue weighted by atomic mass is 16.5. The second-order valence-electron chi connectivity index (χ2n) is 5.52. The summed E-state index contributed by atoms with van der Waals surface area (Å²) < 4.78 is 10.6. The van der Waals surface area contributed by atoms with Crippen LogP contribution >= 0.6 is 0 Å². The Kier molecular flexibility index (Phi) is 5.44. The summed E-state index contributed by atoms with van der Waals surface area (Å²) in [5.41, 5.74) is 0.0730. The van der Waals surface area contributed by atoms with E-state index >= 15 is 0 Å². The van der Waals surface area contributed by atoms with E-state index in [2.05, 4.69) is 0 Å². The molecule has 0 bridgehead atoms. The molecule has 1 unspecified atom stereocenters. The fraction of sp³-hybridized carbons (Fsp3) is 0.562. The number of aliphatic hydroxyl groups excluding tert-OH is 1. The molecule has 1 aliphatic rings. The number of ether oxygens (including phenoxy) is 2. The van der Waals surface area contributed by atoms with Crippen LogP contribution in [0.2, 0.25) is 0 Å². The first-order valence-corrected chi connectivity index (χ1v) is 7.32. The number of carboxylic acids is 1. The Hall–Kier alpha value is -1.75. The van der Waals surface area contributed by atoms with Gasteiger partial charge in [-0.15, -0.1) is 0 Å². The summed E-state index contributed by atoms with van der Waals surface area (Å²) in [7, 11) is 1.51. The van der Waals surface area contributed by atoms with Gasteiger partial charge in [0.2, 0.25) is 0 Å². The molecular weight excluding hydrogens is 272 g/mol. The van der Waals surface area contributed by atoms with Crippen molar-refractivity contribution >= 4 is 5.97 Å². The van der Waals surface area contributed by atoms with Crippen molar-refractivity contribution in [2.45, 2.75) is 38.2 Å². The van der Waals surface area contributed by atoms with Crippen LogP contribution in [0.15, 0.2) is 18.2 Å². The molecule has 0 amide bonds. The molecule has 1 aromatic carbocycles. The summed E-state index contributed by atoms with van der Waals surface area (Å²) in [6.07, 6.45) is 4.94. The molecule has 0 heterocycles. The lowest BCUT2D eigenvalue weighted by molar-refractivity contribution is 0.0671. The van der Waals surface area contributed by atoms with E-state index in [0.717, 1.165) is 12.8 Å². The lowest BCUT2D eigenvalue weighted by Crippen LogP contribution is -2.21. The topological polar surface area (TPSA) is 76.0 Å². The number of aliphatic hydroxyl groups is 1. The summed E-state index contributed by atoms with van der Waals surface area (Å²) in [5.74, 6) is 0.262. The number of carboxylic acid groups (broad SMARTS) is 1. The van der Waals surface area contributed by atoms with Gasteiger partial charge in [-0.1, -0.05) is 25.7 Å². The lowest BCUT2D eigenvalue weighted by Gasteiger charge is -2.17. The molecule has 0 aromatic heterocycles. The van der Waals surface area contributed by atoms with E-state index in [-0.39, 0.29) is 17.9 Å². The highest BCUT2D eigenvalue weighted by molar-refractivity contribution is 5.91. The fourth-order valence-corrected chi connectivity index (χ4v) is 2.81. The molecule has 0 spiro atoms. The number of benzene rings is 1. The van der Waals surface area contributed by atoms with Gasteiger partial charge < -0.3 is 19.7 Å². The second kappa shape index (κ2) is 7.31. The minimum Gasteiger partial charge on any atom is -0.497 e. The third-order valence-corrected chi connectivity index (χ3v) is 3.93. The van der Waals surface area contributed by atoms with E-state index in [1.807, 2.05) is 0 Å². The van der Waals surface area contributed by atoms with E-state index in [0.29, 0.717) is 18.1 Å². The largest absolute Gasteiger partial charge is 0.497 e. The highest BCUT2D eigenvalue weighted by Crippen LogP contribution is 2.29. The zero-order chi connectivity index (χ0) is 15.2. The lowest BCUT2D eigenvalue weighted by atomic mass is 10.0. The molecule has 0 saturated heterocycles. The molecular formula is C16H22O5. The van der Waals surface area contributed by atoms with Gasteiger partial charge in [0.25, 0.3) is 0 Å². The van der Waals surface area contributed by atoms with Gasteiger partial charge in [-0.2, -0.15) is 0 Å². The Morgan fingerprint density at radius 3 is 2.71 bits per heavy atom. The normalized spacial score (nSPS) is 16.7. The van der Waals surface area contributed by atoms with Crippen molar-refractivity contribution in [3.63, 3.8) is 0 Å². The summed E-state index contributed by atoms with van der Waals surface area (Å²) in [6.45, 7) is 0.101. The van der Waals surface area contributed by atoms with Crippen LogP contribution in [-0.4, -0.2) is 36.0 Å². The Bertz CT molecular complexity index is 480. The van der Waals surface area contributed by atoms with Crippen LogP contribution in [-0.2, 0) is 0 Å². The Labute approximate surface area is 124 Å². The van der Waals surface area contributed by atoms with Crippen LogP contribution in [0.5, 0.6) is 11.5 Å². The van der Waals surface area contributed by atoms with Crippen LogP contribution in [0.3, 0.4) is 0 Å². The fourth-order valence-electron chi connectivity index (χ4n) is 2.81. The average Bonchev–Trinajstić information content (AvgIpc) is 2.97. The molecule has 2 rings (SSSR count). The van der Waals surface area contributed by atoms with Gasteiger partial charge >= 0.3 is 5.97 Å². The molecule has 1 saturated carbocycles. The van der Waals surface area contributed by atoms with E-state index < -0.39 is 12.1 Å². The maximum absolute atomic E-state index is 11.2. The minimum atomic E-state index is -1.06. The van der Waals surface area contributed by atoms with Crippen LogP contribution in [0.4, 0.5) is 0 Å². The van der Waals surface area contributed by atoms with Crippen LogP contribution in [0.1, 0.15) is 42.5 Å². The third-order valence-electron chi connectivity index (χ3n) is 3.93. The van der Waals surface area contributed by atoms with Crippen molar-refractivity contribution in [1.82, 2.24) is 0 Å². The van der Waals surface area contributed by atoms with E-state index in [1.165, 1.54) is 32.1 Å². The highest BCUT2D eigenvalue weighted by Gasteiger charge is 2.20. The van der Waals surface area contributed by atoms with Gasteiger partial charge in [0.15, 0.2) is 0 Å². The first-order chi connectivity index (χ1) is 10.1. The molecule has 116 valence electrons. The zero-order valence-electron chi connectivity index (χ0n) is 12.2. The average molecular weight is 294 g/mol. The van der Waals surface area contributed by atoms with E-state index in [1.54, 1.807) is 6.07 Å². The maximum Gasteiger partial charge on any atom is 0.339 e. The Morgan fingerprint density at radius 1 is 1.38 bits per heavy atom. The number of hydrogen-bond donors (Lipinski definition) is 2. The van der Waals surface area contributed by atoms with Gasteiger partial charge in [-0.3, -0.25) is 0 Å². The van der Waals surface area contributed by atoms with Gasteiger partial charge in [-0.05, 0) is 24.5 Å². The SMILES string of the molecule is COc1ccc(C(=O)O)c(OCC(O)CC2CCCC2)c1. The molecule has 1 atom stereocenters. The van der Waals surface area contributed by atoms with Crippen molar-refractivity contribution in [1.29, 1.82) is 0 Å². The summed E-state index contributed by atoms with van der Waals surface area (Å²) in [6, 6.07) is 4.55. The van der Waals surface area contributed by atoms with Crippen molar-refractivity contribution in [3.05, 3.63) is 23.8 Å². The Balaban J connectivity index is 1.95. The number of carbonyl (C=O) groups is 1. The molecule has 5 heteroatoms. The van der Waals surface area contributed by atoms with Crippen LogP contribution in [0.25, 0.3) is 0 Å². The number of hydrogen-bond acceptors (Lipinski definition) is 4. The molecule has 21 heavy (non-hydrogen) atoms. The van der Waals surface area contributed by atoms with Crippen LogP contribution < -0.4 is 9.47 Å². The molecule has 1 aromatic rings. The predicted molar refractivity (Wildman–Crippen MR) is 78.0 cm³/mol. The summed E-state index contributed by atoms with van der Waals surface area (Å²) in [5, 5.41) is 19.2. The molecule has 1 fully saturated rings. The molecule has 0 radical (unpaired) electrons. The van der Waals surface area contributed by atoms with Gasteiger partial charge in [0.05, 0.1) is 13.2 Å². The van der Waals surface area contributed by atoms with Gasteiger partial charge in [0.1, 0.15) is 23.7 Å². The first kappa shape index (κ1) is 15.6. The zero-order valence-corrected chi connectivity index (χ0v) is 12.2. The quantitative estimate of drug-likeness (QED) is 0.808. The van der Waals surface area contributed by atoms with Crippen molar-refractivity contribution < 1.29 is 24.5 Å². The molecule has 0 aliphatic heterocycles. The standard InChI is InChI=1S/C16H22O5/c1-20-13-6-7-14(16(18)19)15(9-13)21-10-12(17)8-11-4-2-3-5-11/h6-7,9,11-12,17H,2-5,8,10H2,1H3,(H,18,19). The molecule has 1 aliphatic carbocycles. The third kappa shape index (κ3) is 4.36. The monoisotopic (exact) mass is 294 g/mol. The molecule has 5 nitrogen and oxygen atoms in total.